The molecule has 1 aliphatic carbocycles. The van der Waals surface area contributed by atoms with Gasteiger partial charge in [-0.2, -0.15) is 11.8 Å². The summed E-state index contributed by atoms with van der Waals surface area (Å²) in [6, 6.07) is 0.508. The minimum Gasteiger partial charge on any atom is -0.328 e. The number of hydrogen-bond acceptors (Lipinski definition) is 2. The molecule has 1 fully saturated rings. The highest BCUT2D eigenvalue weighted by Crippen LogP contribution is 2.25. The predicted molar refractivity (Wildman–Crippen MR) is 51.0 cm³/mol. The van der Waals surface area contributed by atoms with E-state index < -0.39 is 0 Å². The van der Waals surface area contributed by atoms with E-state index >= 15 is 0 Å². The molecule has 3 heteroatoms. The molecule has 0 spiro atoms. The summed E-state index contributed by atoms with van der Waals surface area (Å²) in [6.45, 7) is 0. The monoisotopic (exact) mass is 181 g/mol. The van der Waals surface area contributed by atoms with Crippen molar-refractivity contribution in [2.45, 2.75) is 37.0 Å². The lowest BCUT2D eigenvalue weighted by Crippen LogP contribution is -2.27. The average Bonchev–Trinajstić information content (AvgIpc) is 1.90. The third-order valence-corrected chi connectivity index (χ3v) is 3.19. The van der Waals surface area contributed by atoms with Crippen LogP contribution in [0.15, 0.2) is 0 Å². The van der Waals surface area contributed by atoms with Crippen LogP contribution in [0.2, 0.25) is 0 Å². The van der Waals surface area contributed by atoms with Gasteiger partial charge in [0, 0.05) is 11.3 Å². The van der Waals surface area contributed by atoms with Gasteiger partial charge >= 0.3 is 0 Å². The minimum atomic E-state index is 0. The number of nitrogens with two attached hydrogens (primary N) is 1. The Bertz CT molecular complexity index is 81.7. The molecule has 0 radical (unpaired) electrons. The molecule has 0 atom stereocenters. The Morgan fingerprint density at radius 3 is 2.10 bits per heavy atom. The normalized spacial score (nSPS) is 33.0. The van der Waals surface area contributed by atoms with Crippen molar-refractivity contribution in [2.75, 3.05) is 6.26 Å². The number of rotatable bonds is 1. The Morgan fingerprint density at radius 2 is 1.70 bits per heavy atom. The van der Waals surface area contributed by atoms with Gasteiger partial charge in [-0.05, 0) is 31.9 Å². The molecular formula is C7H16ClNS. The van der Waals surface area contributed by atoms with E-state index in [2.05, 4.69) is 6.26 Å². The van der Waals surface area contributed by atoms with Crippen molar-refractivity contribution >= 4 is 24.2 Å². The fourth-order valence-corrected chi connectivity index (χ4v) is 2.07. The van der Waals surface area contributed by atoms with E-state index in [0.717, 1.165) is 5.25 Å². The molecule has 0 amide bonds. The summed E-state index contributed by atoms with van der Waals surface area (Å²) < 4.78 is 0. The van der Waals surface area contributed by atoms with Gasteiger partial charge in [-0.25, -0.2) is 0 Å². The Kier molecular flexibility index (Phi) is 5.59. The maximum Gasteiger partial charge on any atom is 0.00454 e. The molecule has 2 N–H and O–H groups in total. The van der Waals surface area contributed by atoms with Gasteiger partial charge in [-0.3, -0.25) is 0 Å². The van der Waals surface area contributed by atoms with E-state index in [1.807, 2.05) is 11.8 Å². The highest BCUT2D eigenvalue weighted by atomic mass is 35.5. The molecule has 0 aromatic heterocycles. The van der Waals surface area contributed by atoms with Gasteiger partial charge in [0.25, 0.3) is 0 Å². The molecule has 1 nitrogen and oxygen atoms in total. The quantitative estimate of drug-likeness (QED) is 0.670. The van der Waals surface area contributed by atoms with Gasteiger partial charge in [0.15, 0.2) is 0 Å². The van der Waals surface area contributed by atoms with E-state index in [-0.39, 0.29) is 12.4 Å². The summed E-state index contributed by atoms with van der Waals surface area (Å²) >= 11 is 1.99. The minimum absolute atomic E-state index is 0. The molecule has 0 saturated heterocycles. The molecule has 0 aliphatic heterocycles. The average molecular weight is 182 g/mol. The Balaban J connectivity index is 0.000000810. The van der Waals surface area contributed by atoms with E-state index in [9.17, 15) is 0 Å². The molecule has 62 valence electrons. The maximum atomic E-state index is 5.74. The maximum absolute atomic E-state index is 5.74. The van der Waals surface area contributed by atoms with Gasteiger partial charge in [0.05, 0.1) is 0 Å². The second-order valence-electron chi connectivity index (χ2n) is 2.77. The molecule has 1 saturated carbocycles. The van der Waals surface area contributed by atoms with Crippen LogP contribution in [0.5, 0.6) is 0 Å². The van der Waals surface area contributed by atoms with Crippen LogP contribution in [0, 0.1) is 0 Å². The highest BCUT2D eigenvalue weighted by Gasteiger charge is 2.16. The number of halogens is 1. The summed E-state index contributed by atoms with van der Waals surface area (Å²) in [5, 5.41) is 0.907. The molecular weight excluding hydrogens is 166 g/mol. The molecule has 0 aromatic rings. The Labute approximate surface area is 73.5 Å². The summed E-state index contributed by atoms with van der Waals surface area (Å²) in [5.74, 6) is 0. The van der Waals surface area contributed by atoms with Crippen LogP contribution in [0.1, 0.15) is 25.7 Å². The van der Waals surface area contributed by atoms with Crippen molar-refractivity contribution in [2.24, 2.45) is 5.73 Å². The Morgan fingerprint density at radius 1 is 1.20 bits per heavy atom. The van der Waals surface area contributed by atoms with Gasteiger partial charge in [-0.1, -0.05) is 0 Å². The lowest BCUT2D eigenvalue weighted by molar-refractivity contribution is 0.451. The van der Waals surface area contributed by atoms with Crippen molar-refractivity contribution in [3.63, 3.8) is 0 Å². The van der Waals surface area contributed by atoms with Crippen molar-refractivity contribution in [1.29, 1.82) is 0 Å². The van der Waals surface area contributed by atoms with E-state index in [1.165, 1.54) is 25.7 Å². The van der Waals surface area contributed by atoms with Crippen LogP contribution in [0.25, 0.3) is 0 Å². The first kappa shape index (κ1) is 10.6. The van der Waals surface area contributed by atoms with E-state index in [4.69, 9.17) is 5.73 Å². The van der Waals surface area contributed by atoms with Crippen molar-refractivity contribution < 1.29 is 0 Å². The van der Waals surface area contributed by atoms with Crippen molar-refractivity contribution in [3.05, 3.63) is 0 Å². The molecule has 1 aliphatic rings. The Hall–Kier alpha value is 0.600. The highest BCUT2D eigenvalue weighted by molar-refractivity contribution is 7.99. The number of thioether (sulfide) groups is 1. The SMILES string of the molecule is CSC1CCC(N)CC1.Cl. The van der Waals surface area contributed by atoms with Gasteiger partial charge in [0.2, 0.25) is 0 Å². The fraction of sp³-hybridized carbons (Fsp3) is 1.00. The first-order valence-corrected chi connectivity index (χ1v) is 4.90. The molecule has 0 heterocycles. The molecule has 0 bridgehead atoms. The van der Waals surface area contributed by atoms with Crippen molar-refractivity contribution in [1.82, 2.24) is 0 Å². The van der Waals surface area contributed by atoms with Crippen LogP contribution in [-0.4, -0.2) is 17.5 Å². The molecule has 0 unspecified atom stereocenters. The second kappa shape index (κ2) is 5.28. The third-order valence-electron chi connectivity index (χ3n) is 2.05. The molecule has 1 rings (SSSR count). The largest absolute Gasteiger partial charge is 0.328 e. The first-order valence-electron chi connectivity index (χ1n) is 3.61. The summed E-state index contributed by atoms with van der Waals surface area (Å²) in [6.07, 6.45) is 7.35. The van der Waals surface area contributed by atoms with Crippen LogP contribution in [0.4, 0.5) is 0 Å². The topological polar surface area (TPSA) is 26.0 Å². The lowest BCUT2D eigenvalue weighted by atomic mass is 9.96. The molecule has 10 heavy (non-hydrogen) atoms. The van der Waals surface area contributed by atoms with E-state index in [0.29, 0.717) is 6.04 Å². The van der Waals surface area contributed by atoms with Crippen LogP contribution in [0.3, 0.4) is 0 Å². The standard InChI is InChI=1S/C7H15NS.ClH/c1-9-7-4-2-6(8)3-5-7;/h6-7H,2-5,8H2,1H3;1H. The zero-order valence-corrected chi connectivity index (χ0v) is 8.01. The molecule has 0 aromatic carbocycles. The van der Waals surface area contributed by atoms with Crippen LogP contribution < -0.4 is 5.73 Å². The zero-order chi connectivity index (χ0) is 6.69. The summed E-state index contributed by atoms with van der Waals surface area (Å²) in [7, 11) is 0. The first-order chi connectivity index (χ1) is 4.33. The summed E-state index contributed by atoms with van der Waals surface area (Å²) in [4.78, 5) is 0. The smallest absolute Gasteiger partial charge is 0.00454 e. The predicted octanol–water partition coefficient (Wildman–Crippen LogP) is 2.04. The third kappa shape index (κ3) is 3.13. The lowest BCUT2D eigenvalue weighted by Gasteiger charge is -2.24. The zero-order valence-electron chi connectivity index (χ0n) is 6.38. The summed E-state index contributed by atoms with van der Waals surface area (Å²) in [5.41, 5.74) is 5.74. The van der Waals surface area contributed by atoms with Crippen LogP contribution in [-0.2, 0) is 0 Å². The van der Waals surface area contributed by atoms with Gasteiger partial charge in [0.1, 0.15) is 0 Å². The van der Waals surface area contributed by atoms with Crippen LogP contribution >= 0.6 is 24.2 Å². The van der Waals surface area contributed by atoms with Gasteiger partial charge in [-0.15, -0.1) is 12.4 Å². The second-order valence-corrected chi connectivity index (χ2v) is 3.91. The number of hydrogen-bond donors (Lipinski definition) is 1. The fourth-order valence-electron chi connectivity index (χ4n) is 1.32. The van der Waals surface area contributed by atoms with E-state index in [1.54, 1.807) is 0 Å². The van der Waals surface area contributed by atoms with Gasteiger partial charge < -0.3 is 5.73 Å². The van der Waals surface area contributed by atoms with Crippen molar-refractivity contribution in [3.8, 4) is 0 Å².